The molecule has 0 bridgehead atoms. The first-order valence-corrected chi connectivity index (χ1v) is 6.63. The smallest absolute Gasteiger partial charge is 0.142 e. The summed E-state index contributed by atoms with van der Waals surface area (Å²) in [5.41, 5.74) is 1.31. The highest BCUT2D eigenvalue weighted by Crippen LogP contribution is 2.36. The molecule has 1 fully saturated rings. The quantitative estimate of drug-likeness (QED) is 0.730. The van der Waals surface area contributed by atoms with Crippen molar-refractivity contribution in [2.45, 2.75) is 43.6 Å². The van der Waals surface area contributed by atoms with Crippen LogP contribution in [0.5, 0.6) is 5.75 Å². The molecule has 0 aromatic carbocycles. The molecule has 1 aliphatic carbocycles. The van der Waals surface area contributed by atoms with Gasteiger partial charge in [0.25, 0.3) is 0 Å². The number of rotatable bonds is 4. The largest absolute Gasteiger partial charge is 0.488 e. The van der Waals surface area contributed by atoms with Gasteiger partial charge in [0.2, 0.25) is 0 Å². The van der Waals surface area contributed by atoms with Crippen LogP contribution in [0.3, 0.4) is 0 Å². The Morgan fingerprint density at radius 3 is 2.67 bits per heavy atom. The van der Waals surface area contributed by atoms with Crippen molar-refractivity contribution in [2.24, 2.45) is 0 Å². The fraction of sp³-hybridized carbons (Fsp3) is 0.583. The van der Waals surface area contributed by atoms with E-state index in [1.54, 1.807) is 11.8 Å². The maximum atomic E-state index is 5.88. The number of ether oxygens (including phenoxy) is 1. The Bertz CT molecular complexity index is 347. The highest BCUT2D eigenvalue weighted by molar-refractivity contribution is 7.98. The topological polar surface area (TPSA) is 22.1 Å². The van der Waals surface area contributed by atoms with Crippen LogP contribution in [0.15, 0.2) is 17.3 Å². The summed E-state index contributed by atoms with van der Waals surface area (Å²) in [5.74, 6) is 1.48. The number of hydrogen-bond acceptors (Lipinski definition) is 3. The third-order valence-corrected chi connectivity index (χ3v) is 3.29. The van der Waals surface area contributed by atoms with Crippen LogP contribution in [0.4, 0.5) is 0 Å². The normalized spacial score (nSPS) is 15.7. The van der Waals surface area contributed by atoms with E-state index in [2.05, 4.69) is 25.1 Å². The summed E-state index contributed by atoms with van der Waals surface area (Å²) in [6, 6.07) is 0. The van der Waals surface area contributed by atoms with E-state index in [0.29, 0.717) is 12.0 Å². The van der Waals surface area contributed by atoms with E-state index in [9.17, 15) is 0 Å². The summed E-state index contributed by atoms with van der Waals surface area (Å²) >= 11 is 1.74. The molecule has 1 aliphatic rings. The monoisotopic (exact) mass is 223 g/mol. The molecule has 0 unspecified atom stereocenters. The Labute approximate surface area is 95.4 Å². The van der Waals surface area contributed by atoms with E-state index in [1.165, 1.54) is 23.3 Å². The van der Waals surface area contributed by atoms with Crippen molar-refractivity contribution in [1.29, 1.82) is 0 Å². The number of pyridine rings is 1. The van der Waals surface area contributed by atoms with E-state index in [4.69, 9.17) is 4.74 Å². The number of nitrogens with zero attached hydrogens (tertiary/aromatic N) is 1. The van der Waals surface area contributed by atoms with E-state index in [0.717, 1.165) is 5.75 Å². The number of hydrogen-bond donors (Lipinski definition) is 0. The van der Waals surface area contributed by atoms with E-state index in [-0.39, 0.29) is 0 Å². The Hall–Kier alpha value is -0.700. The lowest BCUT2D eigenvalue weighted by molar-refractivity contribution is 0.296. The molecular formula is C12H17NOS. The molecule has 1 saturated carbocycles. The molecule has 2 nitrogen and oxygen atoms in total. The molecule has 82 valence electrons. The third-order valence-electron chi connectivity index (χ3n) is 2.53. The van der Waals surface area contributed by atoms with Gasteiger partial charge in [-0.2, -0.15) is 0 Å². The second kappa shape index (κ2) is 4.44. The zero-order valence-electron chi connectivity index (χ0n) is 9.49. The zero-order chi connectivity index (χ0) is 10.8. The van der Waals surface area contributed by atoms with Crippen LogP contribution >= 0.6 is 11.8 Å². The molecule has 1 aromatic heterocycles. The van der Waals surface area contributed by atoms with Crippen LogP contribution in [0.2, 0.25) is 0 Å². The summed E-state index contributed by atoms with van der Waals surface area (Å²) in [5, 5.41) is 0. The fourth-order valence-electron chi connectivity index (χ4n) is 1.62. The van der Waals surface area contributed by atoms with Gasteiger partial charge >= 0.3 is 0 Å². The van der Waals surface area contributed by atoms with Crippen LogP contribution in [0.25, 0.3) is 0 Å². The van der Waals surface area contributed by atoms with Crippen molar-refractivity contribution < 1.29 is 4.74 Å². The van der Waals surface area contributed by atoms with Gasteiger partial charge in [0, 0.05) is 16.7 Å². The molecule has 1 heterocycles. The molecule has 3 heteroatoms. The first-order chi connectivity index (χ1) is 7.22. The number of aromatic nitrogens is 1. The molecule has 1 aromatic rings. The lowest BCUT2D eigenvalue weighted by Gasteiger charge is -2.16. The minimum atomic E-state index is 0.446. The minimum absolute atomic E-state index is 0.446. The Morgan fingerprint density at radius 1 is 1.40 bits per heavy atom. The van der Waals surface area contributed by atoms with Gasteiger partial charge in [0.05, 0.1) is 12.3 Å². The Balaban J connectivity index is 2.32. The van der Waals surface area contributed by atoms with Gasteiger partial charge in [0.1, 0.15) is 5.75 Å². The summed E-state index contributed by atoms with van der Waals surface area (Å²) in [6.45, 7) is 4.41. The van der Waals surface area contributed by atoms with Crippen LogP contribution in [0.1, 0.15) is 38.2 Å². The van der Waals surface area contributed by atoms with Crippen LogP contribution in [-0.4, -0.2) is 17.3 Å². The van der Waals surface area contributed by atoms with Gasteiger partial charge < -0.3 is 4.74 Å². The maximum absolute atomic E-state index is 5.88. The SMILES string of the molecule is CSc1cncc(OC2CC2)c1C(C)C. The molecule has 0 amide bonds. The van der Waals surface area contributed by atoms with Crippen molar-refractivity contribution in [3.8, 4) is 5.75 Å². The van der Waals surface area contributed by atoms with Crippen LogP contribution in [0, 0.1) is 0 Å². The Kier molecular flexibility index (Phi) is 3.19. The molecule has 0 spiro atoms. The summed E-state index contributed by atoms with van der Waals surface area (Å²) in [4.78, 5) is 5.47. The highest BCUT2D eigenvalue weighted by atomic mass is 32.2. The van der Waals surface area contributed by atoms with Crippen molar-refractivity contribution in [1.82, 2.24) is 4.98 Å². The summed E-state index contributed by atoms with van der Waals surface area (Å²) in [7, 11) is 0. The predicted octanol–water partition coefficient (Wildman–Crippen LogP) is 3.47. The van der Waals surface area contributed by atoms with E-state index in [1.807, 2.05) is 12.4 Å². The van der Waals surface area contributed by atoms with Crippen LogP contribution < -0.4 is 4.74 Å². The summed E-state index contributed by atoms with van der Waals surface area (Å²) < 4.78 is 5.88. The van der Waals surface area contributed by atoms with Gasteiger partial charge in [-0.3, -0.25) is 4.98 Å². The molecule has 0 aliphatic heterocycles. The van der Waals surface area contributed by atoms with Gasteiger partial charge in [-0.25, -0.2) is 0 Å². The lowest BCUT2D eigenvalue weighted by atomic mass is 10.0. The van der Waals surface area contributed by atoms with E-state index < -0.39 is 0 Å². The van der Waals surface area contributed by atoms with Crippen molar-refractivity contribution in [3.63, 3.8) is 0 Å². The van der Waals surface area contributed by atoms with E-state index >= 15 is 0 Å². The third kappa shape index (κ3) is 2.46. The molecule has 2 rings (SSSR count). The lowest BCUT2D eigenvalue weighted by Crippen LogP contribution is -2.03. The van der Waals surface area contributed by atoms with Crippen molar-refractivity contribution in [3.05, 3.63) is 18.0 Å². The highest BCUT2D eigenvalue weighted by Gasteiger charge is 2.25. The molecular weight excluding hydrogens is 206 g/mol. The van der Waals surface area contributed by atoms with Gasteiger partial charge in [0.15, 0.2) is 0 Å². The molecule has 15 heavy (non-hydrogen) atoms. The average Bonchev–Trinajstić information content (AvgIpc) is 3.01. The zero-order valence-corrected chi connectivity index (χ0v) is 10.3. The average molecular weight is 223 g/mol. The number of thioether (sulfide) groups is 1. The van der Waals surface area contributed by atoms with Gasteiger partial charge in [-0.1, -0.05) is 13.8 Å². The first-order valence-electron chi connectivity index (χ1n) is 5.41. The predicted molar refractivity (Wildman–Crippen MR) is 63.8 cm³/mol. The van der Waals surface area contributed by atoms with Crippen molar-refractivity contribution >= 4 is 11.8 Å². The van der Waals surface area contributed by atoms with Crippen molar-refractivity contribution in [2.75, 3.05) is 6.26 Å². The molecule has 0 N–H and O–H groups in total. The standard InChI is InChI=1S/C12H17NOS/c1-8(2)12-10(14-9-4-5-9)6-13-7-11(12)15-3/h6-9H,4-5H2,1-3H3. The molecule has 0 saturated heterocycles. The second-order valence-electron chi connectivity index (χ2n) is 4.23. The second-order valence-corrected chi connectivity index (χ2v) is 5.07. The fourth-order valence-corrected chi connectivity index (χ4v) is 2.35. The van der Waals surface area contributed by atoms with Crippen LogP contribution in [-0.2, 0) is 0 Å². The minimum Gasteiger partial charge on any atom is -0.488 e. The van der Waals surface area contributed by atoms with Gasteiger partial charge in [-0.15, -0.1) is 11.8 Å². The Morgan fingerprint density at radius 2 is 2.13 bits per heavy atom. The first kappa shape index (κ1) is 10.8. The molecule has 0 radical (unpaired) electrons. The summed E-state index contributed by atoms with van der Waals surface area (Å²) in [6.07, 6.45) is 8.71. The maximum Gasteiger partial charge on any atom is 0.142 e. The molecule has 0 atom stereocenters. The van der Waals surface area contributed by atoms with Gasteiger partial charge in [-0.05, 0) is 25.0 Å².